The Morgan fingerprint density at radius 3 is 2.56 bits per heavy atom. The summed E-state index contributed by atoms with van der Waals surface area (Å²) in [6.45, 7) is 7.90. The molecule has 0 unspecified atom stereocenters. The summed E-state index contributed by atoms with van der Waals surface area (Å²) in [4.78, 5) is 32.5. The quantitative estimate of drug-likeness (QED) is 0.436. The molecule has 1 amide bonds. The van der Waals surface area contributed by atoms with E-state index in [-0.39, 0.29) is 23.1 Å². The number of rotatable bonds is 7. The minimum absolute atomic E-state index is 0.0640. The molecule has 1 aromatic heterocycles. The molecular weight excluding hydrogens is 424 g/mol. The van der Waals surface area contributed by atoms with E-state index in [4.69, 9.17) is 4.74 Å². The maximum Gasteiger partial charge on any atom is 0.262 e. The SMILES string of the molecule is CC(C)Cn1c(SCC(=O)Nc2ccc(N3CCOCC3)cc2)nc2ccccc2c1=O. The summed E-state index contributed by atoms with van der Waals surface area (Å²) >= 11 is 1.29. The summed E-state index contributed by atoms with van der Waals surface area (Å²) in [6.07, 6.45) is 0. The summed E-state index contributed by atoms with van der Waals surface area (Å²) < 4.78 is 7.08. The molecule has 1 fully saturated rings. The van der Waals surface area contributed by atoms with Gasteiger partial charge in [-0.15, -0.1) is 0 Å². The van der Waals surface area contributed by atoms with Crippen molar-refractivity contribution >= 4 is 39.9 Å². The molecule has 2 heterocycles. The molecule has 0 bridgehead atoms. The highest BCUT2D eigenvalue weighted by molar-refractivity contribution is 7.99. The van der Waals surface area contributed by atoms with Crippen LogP contribution in [0.2, 0.25) is 0 Å². The molecular formula is C24H28N4O3S. The predicted octanol–water partition coefficient (Wildman–Crippen LogP) is 3.62. The van der Waals surface area contributed by atoms with Gasteiger partial charge in [-0.2, -0.15) is 0 Å². The summed E-state index contributed by atoms with van der Waals surface area (Å²) in [5.41, 5.74) is 2.46. The number of carbonyl (C=O) groups is 1. The fourth-order valence-corrected chi connectivity index (χ4v) is 4.50. The van der Waals surface area contributed by atoms with Gasteiger partial charge in [0.1, 0.15) is 0 Å². The normalized spacial score (nSPS) is 14.2. The van der Waals surface area contributed by atoms with Crippen LogP contribution in [0.4, 0.5) is 11.4 Å². The Bertz CT molecular complexity index is 1140. The van der Waals surface area contributed by atoms with Crippen LogP contribution in [0.25, 0.3) is 10.9 Å². The Kier molecular flexibility index (Phi) is 7.12. The lowest BCUT2D eigenvalue weighted by Crippen LogP contribution is -2.36. The van der Waals surface area contributed by atoms with E-state index in [1.807, 2.05) is 42.5 Å². The Morgan fingerprint density at radius 2 is 1.84 bits per heavy atom. The first-order valence-corrected chi connectivity index (χ1v) is 11.8. The van der Waals surface area contributed by atoms with Crippen molar-refractivity contribution in [3.63, 3.8) is 0 Å². The molecule has 0 radical (unpaired) electrons. The topological polar surface area (TPSA) is 76.5 Å². The minimum Gasteiger partial charge on any atom is -0.378 e. The summed E-state index contributed by atoms with van der Waals surface area (Å²) in [6, 6.07) is 15.2. The third-order valence-corrected chi connectivity index (χ3v) is 6.21. The number of hydrogen-bond acceptors (Lipinski definition) is 6. The van der Waals surface area contributed by atoms with Gasteiger partial charge in [-0.05, 0) is 42.3 Å². The van der Waals surface area contributed by atoms with Crippen molar-refractivity contribution in [1.82, 2.24) is 9.55 Å². The van der Waals surface area contributed by atoms with Crippen molar-refractivity contribution in [3.8, 4) is 0 Å². The van der Waals surface area contributed by atoms with Crippen molar-refractivity contribution in [2.24, 2.45) is 5.92 Å². The van der Waals surface area contributed by atoms with Gasteiger partial charge in [-0.1, -0.05) is 37.7 Å². The van der Waals surface area contributed by atoms with E-state index in [2.05, 4.69) is 29.0 Å². The summed E-state index contributed by atoms with van der Waals surface area (Å²) in [7, 11) is 0. The minimum atomic E-state index is -0.132. The number of ether oxygens (including phenoxy) is 1. The zero-order chi connectivity index (χ0) is 22.5. The third kappa shape index (κ3) is 5.31. The van der Waals surface area contributed by atoms with Crippen LogP contribution in [0.15, 0.2) is 58.5 Å². The van der Waals surface area contributed by atoms with Gasteiger partial charge in [-0.25, -0.2) is 4.98 Å². The maximum absolute atomic E-state index is 13.0. The van der Waals surface area contributed by atoms with Crippen molar-refractivity contribution < 1.29 is 9.53 Å². The lowest BCUT2D eigenvalue weighted by molar-refractivity contribution is -0.113. The molecule has 0 saturated carbocycles. The predicted molar refractivity (Wildman–Crippen MR) is 130 cm³/mol. The second-order valence-corrected chi connectivity index (χ2v) is 9.15. The summed E-state index contributed by atoms with van der Waals surface area (Å²) in [5.74, 6) is 0.329. The average molecular weight is 453 g/mol. The molecule has 1 aliphatic heterocycles. The molecule has 4 rings (SSSR count). The molecule has 3 aromatic rings. The third-order valence-electron chi connectivity index (χ3n) is 5.23. The average Bonchev–Trinajstić information content (AvgIpc) is 2.81. The number of thioether (sulfide) groups is 1. The van der Waals surface area contributed by atoms with E-state index in [1.54, 1.807) is 10.6 Å². The molecule has 168 valence electrons. The lowest BCUT2D eigenvalue weighted by atomic mass is 10.2. The second kappa shape index (κ2) is 10.2. The van der Waals surface area contributed by atoms with Crippen LogP contribution in [0.1, 0.15) is 13.8 Å². The molecule has 1 N–H and O–H groups in total. The number of fused-ring (bicyclic) bond motifs is 1. The number of anilines is 2. The van der Waals surface area contributed by atoms with Gasteiger partial charge in [0.25, 0.3) is 5.56 Å². The number of nitrogens with zero attached hydrogens (tertiary/aromatic N) is 3. The number of amides is 1. The fraction of sp³-hybridized carbons (Fsp3) is 0.375. The Labute approximate surface area is 191 Å². The van der Waals surface area contributed by atoms with E-state index >= 15 is 0 Å². The monoisotopic (exact) mass is 452 g/mol. The van der Waals surface area contributed by atoms with E-state index in [1.165, 1.54) is 11.8 Å². The molecule has 32 heavy (non-hydrogen) atoms. The van der Waals surface area contributed by atoms with Crippen molar-refractivity contribution in [3.05, 3.63) is 58.9 Å². The van der Waals surface area contributed by atoms with Crippen LogP contribution in [0.5, 0.6) is 0 Å². The largest absolute Gasteiger partial charge is 0.378 e. The molecule has 0 atom stereocenters. The van der Waals surface area contributed by atoms with E-state index in [0.717, 1.165) is 37.7 Å². The first kappa shape index (κ1) is 22.4. The Morgan fingerprint density at radius 1 is 1.12 bits per heavy atom. The first-order valence-electron chi connectivity index (χ1n) is 10.9. The number of nitrogens with one attached hydrogen (secondary N) is 1. The molecule has 8 heteroatoms. The zero-order valence-electron chi connectivity index (χ0n) is 18.4. The standard InChI is InChI=1S/C24H28N4O3S/c1-17(2)15-28-23(30)20-5-3-4-6-21(20)26-24(28)32-16-22(29)25-18-7-9-19(10-8-18)27-11-13-31-14-12-27/h3-10,17H,11-16H2,1-2H3,(H,25,29). The van der Waals surface area contributed by atoms with E-state index in [9.17, 15) is 9.59 Å². The smallest absolute Gasteiger partial charge is 0.262 e. The molecule has 2 aromatic carbocycles. The van der Waals surface area contributed by atoms with Gasteiger partial charge in [-0.3, -0.25) is 14.2 Å². The second-order valence-electron chi connectivity index (χ2n) is 8.20. The van der Waals surface area contributed by atoms with Gasteiger partial charge in [0.15, 0.2) is 5.16 Å². The molecule has 1 aliphatic rings. The number of para-hydroxylation sites is 1. The highest BCUT2D eigenvalue weighted by Gasteiger charge is 2.15. The van der Waals surface area contributed by atoms with Crippen molar-refractivity contribution in [2.45, 2.75) is 25.5 Å². The van der Waals surface area contributed by atoms with Gasteiger partial charge in [0.05, 0.1) is 29.9 Å². The highest BCUT2D eigenvalue weighted by atomic mass is 32.2. The number of morpholine rings is 1. The van der Waals surface area contributed by atoms with Gasteiger partial charge >= 0.3 is 0 Å². The maximum atomic E-state index is 13.0. The molecule has 0 aliphatic carbocycles. The number of carbonyl (C=O) groups excluding carboxylic acids is 1. The van der Waals surface area contributed by atoms with Gasteiger partial charge in [0, 0.05) is 31.0 Å². The van der Waals surface area contributed by atoms with Crippen LogP contribution >= 0.6 is 11.8 Å². The molecule has 1 saturated heterocycles. The number of aromatic nitrogens is 2. The van der Waals surface area contributed by atoms with Gasteiger partial charge < -0.3 is 15.0 Å². The van der Waals surface area contributed by atoms with Crippen LogP contribution < -0.4 is 15.8 Å². The Balaban J connectivity index is 1.43. The van der Waals surface area contributed by atoms with Gasteiger partial charge in [0.2, 0.25) is 5.91 Å². The van der Waals surface area contributed by atoms with Crippen molar-refractivity contribution in [2.75, 3.05) is 42.3 Å². The Hall–Kier alpha value is -2.84. The zero-order valence-corrected chi connectivity index (χ0v) is 19.2. The molecule has 7 nitrogen and oxygen atoms in total. The number of benzene rings is 2. The van der Waals surface area contributed by atoms with E-state index < -0.39 is 0 Å². The van der Waals surface area contributed by atoms with E-state index in [0.29, 0.717) is 22.6 Å². The van der Waals surface area contributed by atoms with Crippen LogP contribution in [0.3, 0.4) is 0 Å². The fourth-order valence-electron chi connectivity index (χ4n) is 3.69. The van der Waals surface area contributed by atoms with Crippen LogP contribution in [-0.2, 0) is 16.1 Å². The molecule has 0 spiro atoms. The summed E-state index contributed by atoms with van der Waals surface area (Å²) in [5, 5.41) is 4.11. The van der Waals surface area contributed by atoms with Crippen LogP contribution in [0, 0.1) is 5.92 Å². The lowest BCUT2D eigenvalue weighted by Gasteiger charge is -2.28. The van der Waals surface area contributed by atoms with Crippen LogP contribution in [-0.4, -0.2) is 47.5 Å². The highest BCUT2D eigenvalue weighted by Crippen LogP contribution is 2.21. The first-order chi connectivity index (χ1) is 15.5. The number of hydrogen-bond donors (Lipinski definition) is 1. The van der Waals surface area contributed by atoms with Crippen molar-refractivity contribution in [1.29, 1.82) is 0 Å².